The van der Waals surface area contributed by atoms with E-state index in [2.05, 4.69) is 10.4 Å². The lowest BCUT2D eigenvalue weighted by molar-refractivity contribution is 0.144. The minimum atomic E-state index is -0.750. The summed E-state index contributed by atoms with van der Waals surface area (Å²) in [5.41, 5.74) is 2.50. The van der Waals surface area contributed by atoms with Gasteiger partial charge in [0, 0.05) is 21.2 Å². The first kappa shape index (κ1) is 21.4. The number of carbonyl (C=O) groups excluding carboxylic acids is 1. The fourth-order valence-corrected chi connectivity index (χ4v) is 3.70. The van der Waals surface area contributed by atoms with Crippen LogP contribution in [0.2, 0.25) is 10.0 Å². The van der Waals surface area contributed by atoms with Crippen molar-refractivity contribution in [2.45, 2.75) is 13.2 Å². The lowest BCUT2D eigenvalue weighted by Crippen LogP contribution is -2.29. The Bertz CT molecular complexity index is 1130. The van der Waals surface area contributed by atoms with Crippen molar-refractivity contribution in [3.63, 3.8) is 0 Å². The first-order valence-electron chi connectivity index (χ1n) is 9.46. The monoisotopic (exact) mass is 461 g/mol. The summed E-state index contributed by atoms with van der Waals surface area (Å²) < 4.78 is 27.3. The van der Waals surface area contributed by atoms with Crippen LogP contribution in [-0.2, 0) is 17.9 Å². The second kappa shape index (κ2) is 9.51. The van der Waals surface area contributed by atoms with E-state index in [1.165, 1.54) is 0 Å². The topological polar surface area (TPSA) is 65.4 Å². The number of nitrogens with one attached hydrogen (secondary N) is 1. The molecule has 1 N–H and O–H groups in total. The van der Waals surface area contributed by atoms with E-state index in [9.17, 15) is 4.79 Å². The van der Waals surface area contributed by atoms with Gasteiger partial charge in [0.25, 0.3) is 0 Å². The van der Waals surface area contributed by atoms with E-state index in [0.29, 0.717) is 40.2 Å². The molecule has 3 aromatic rings. The molecule has 0 bridgehead atoms. The summed E-state index contributed by atoms with van der Waals surface area (Å²) in [6, 6.07) is 13.7. The van der Waals surface area contributed by atoms with E-state index >= 15 is 4.39 Å². The van der Waals surface area contributed by atoms with Crippen molar-refractivity contribution in [1.82, 2.24) is 15.1 Å². The van der Waals surface area contributed by atoms with Crippen molar-refractivity contribution in [2.75, 3.05) is 13.2 Å². The Morgan fingerprint density at radius 2 is 2.00 bits per heavy atom. The molecule has 1 amide bonds. The van der Waals surface area contributed by atoms with Gasteiger partial charge in [0.2, 0.25) is 0 Å². The van der Waals surface area contributed by atoms with E-state index in [-0.39, 0.29) is 13.2 Å². The fourth-order valence-electron chi connectivity index (χ4n) is 3.24. The first-order chi connectivity index (χ1) is 15.0. The van der Waals surface area contributed by atoms with Crippen LogP contribution in [0, 0.1) is 0 Å². The number of halogens is 3. The average molecular weight is 462 g/mol. The number of hydrogen-bond donors (Lipinski definition) is 1. The fraction of sp³-hybridized carbons (Fsp3) is 0.182. The van der Waals surface area contributed by atoms with Gasteiger partial charge in [-0.3, -0.25) is 4.68 Å². The zero-order valence-electron chi connectivity index (χ0n) is 16.3. The molecule has 0 radical (unpaired) electrons. The SMILES string of the molecule is O=C(NC/C(F)=C1\COCc2cnn(Cc3ccc(Cl)cc3Cl)c21)Oc1ccccc1. The average Bonchev–Trinajstić information content (AvgIpc) is 3.18. The zero-order chi connectivity index (χ0) is 21.8. The molecule has 0 unspecified atom stereocenters. The zero-order valence-corrected chi connectivity index (χ0v) is 17.8. The summed E-state index contributed by atoms with van der Waals surface area (Å²) >= 11 is 12.2. The number of aromatic nitrogens is 2. The first-order valence-corrected chi connectivity index (χ1v) is 10.2. The molecule has 0 saturated heterocycles. The molecule has 1 aromatic heterocycles. The predicted molar refractivity (Wildman–Crippen MR) is 116 cm³/mol. The third kappa shape index (κ3) is 5.07. The van der Waals surface area contributed by atoms with Crippen molar-refractivity contribution >= 4 is 34.9 Å². The highest BCUT2D eigenvalue weighted by Crippen LogP contribution is 2.30. The van der Waals surface area contributed by atoms with Gasteiger partial charge in [-0.1, -0.05) is 47.5 Å². The molecule has 1 aliphatic rings. The van der Waals surface area contributed by atoms with Crippen LogP contribution in [0.15, 0.2) is 60.6 Å². The molecule has 2 heterocycles. The summed E-state index contributed by atoms with van der Waals surface area (Å²) in [6.07, 6.45) is 0.892. The summed E-state index contributed by atoms with van der Waals surface area (Å²) in [5.74, 6) is -0.163. The largest absolute Gasteiger partial charge is 0.412 e. The third-order valence-electron chi connectivity index (χ3n) is 4.71. The van der Waals surface area contributed by atoms with Gasteiger partial charge in [0.1, 0.15) is 11.6 Å². The molecule has 1 aliphatic heterocycles. The molecule has 9 heteroatoms. The second-order valence-electron chi connectivity index (χ2n) is 6.84. The Morgan fingerprint density at radius 3 is 2.77 bits per heavy atom. The van der Waals surface area contributed by atoms with E-state index < -0.39 is 11.9 Å². The van der Waals surface area contributed by atoms with Crippen molar-refractivity contribution in [3.05, 3.63) is 87.4 Å². The van der Waals surface area contributed by atoms with Crippen LogP contribution in [0.3, 0.4) is 0 Å². The van der Waals surface area contributed by atoms with Gasteiger partial charge in [-0.2, -0.15) is 5.10 Å². The molecule has 160 valence electrons. The van der Waals surface area contributed by atoms with Crippen LogP contribution in [-0.4, -0.2) is 29.0 Å². The summed E-state index contributed by atoms with van der Waals surface area (Å²) in [4.78, 5) is 12.0. The number of ether oxygens (including phenoxy) is 2. The van der Waals surface area contributed by atoms with Gasteiger partial charge < -0.3 is 14.8 Å². The number of nitrogens with zero attached hydrogens (tertiary/aromatic N) is 2. The Labute approximate surface area is 188 Å². The van der Waals surface area contributed by atoms with Crippen LogP contribution >= 0.6 is 23.2 Å². The van der Waals surface area contributed by atoms with Gasteiger partial charge in [-0.25, -0.2) is 9.18 Å². The van der Waals surface area contributed by atoms with Crippen LogP contribution < -0.4 is 10.1 Å². The molecule has 4 rings (SSSR count). The maximum Gasteiger partial charge on any atom is 0.412 e. The molecule has 31 heavy (non-hydrogen) atoms. The minimum absolute atomic E-state index is 0.0638. The third-order valence-corrected chi connectivity index (χ3v) is 5.30. The van der Waals surface area contributed by atoms with Gasteiger partial charge in [0.15, 0.2) is 0 Å². The van der Waals surface area contributed by atoms with Crippen LogP contribution in [0.1, 0.15) is 16.8 Å². The van der Waals surface area contributed by atoms with Gasteiger partial charge in [-0.05, 0) is 29.8 Å². The number of para-hydroxylation sites is 1. The normalized spacial score (nSPS) is 14.7. The molecule has 0 atom stereocenters. The highest BCUT2D eigenvalue weighted by Gasteiger charge is 2.24. The quantitative estimate of drug-likeness (QED) is 0.564. The van der Waals surface area contributed by atoms with Crippen LogP contribution in [0.5, 0.6) is 5.75 Å². The summed E-state index contributed by atoms with van der Waals surface area (Å²) in [5, 5.41) is 7.83. The maximum atomic E-state index is 15.0. The van der Waals surface area contributed by atoms with Crippen LogP contribution in [0.25, 0.3) is 5.57 Å². The van der Waals surface area contributed by atoms with Crippen molar-refractivity contribution in [1.29, 1.82) is 0 Å². The molecular formula is C22H18Cl2FN3O3. The van der Waals surface area contributed by atoms with Gasteiger partial charge in [-0.15, -0.1) is 0 Å². The lowest BCUT2D eigenvalue weighted by Gasteiger charge is -2.20. The number of benzene rings is 2. The number of hydrogen-bond acceptors (Lipinski definition) is 4. The Balaban J connectivity index is 1.52. The molecule has 2 aromatic carbocycles. The van der Waals surface area contributed by atoms with Gasteiger partial charge in [0.05, 0.1) is 38.2 Å². The van der Waals surface area contributed by atoms with Crippen molar-refractivity contribution < 1.29 is 18.7 Å². The Morgan fingerprint density at radius 1 is 1.19 bits per heavy atom. The van der Waals surface area contributed by atoms with Crippen molar-refractivity contribution in [2.24, 2.45) is 0 Å². The summed E-state index contributed by atoms with van der Waals surface area (Å²) in [6.45, 7) is 0.389. The Kier molecular flexibility index (Phi) is 6.56. The minimum Gasteiger partial charge on any atom is -0.410 e. The Hall–Kier alpha value is -2.87. The van der Waals surface area contributed by atoms with Gasteiger partial charge >= 0.3 is 6.09 Å². The molecule has 0 saturated carbocycles. The van der Waals surface area contributed by atoms with E-state index in [0.717, 1.165) is 11.1 Å². The standard InChI is InChI=1S/C22H18Cl2FN3O3/c23-16-7-6-14(19(24)8-16)11-28-21-15(9-27-28)12-30-13-18(21)20(25)10-26-22(29)31-17-4-2-1-3-5-17/h1-9H,10-13H2,(H,26,29)/b20-18-. The molecule has 0 spiro atoms. The second-order valence-corrected chi connectivity index (χ2v) is 7.69. The highest BCUT2D eigenvalue weighted by molar-refractivity contribution is 6.35. The molecule has 0 aliphatic carbocycles. The van der Waals surface area contributed by atoms with Crippen LogP contribution in [0.4, 0.5) is 9.18 Å². The summed E-state index contributed by atoms with van der Waals surface area (Å²) in [7, 11) is 0. The lowest BCUT2D eigenvalue weighted by atomic mass is 10.1. The predicted octanol–water partition coefficient (Wildman–Crippen LogP) is 5.24. The molecule has 6 nitrogen and oxygen atoms in total. The van der Waals surface area contributed by atoms with E-state index in [1.807, 2.05) is 0 Å². The molecule has 0 fully saturated rings. The van der Waals surface area contributed by atoms with E-state index in [4.69, 9.17) is 32.7 Å². The number of fused-ring (bicyclic) bond motifs is 1. The molecular weight excluding hydrogens is 444 g/mol. The number of rotatable bonds is 5. The maximum absolute atomic E-state index is 15.0. The highest BCUT2D eigenvalue weighted by atomic mass is 35.5. The van der Waals surface area contributed by atoms with E-state index in [1.54, 1.807) is 59.4 Å². The smallest absolute Gasteiger partial charge is 0.410 e. The number of amides is 1. The number of carbonyl (C=O) groups is 1. The van der Waals surface area contributed by atoms with Crippen molar-refractivity contribution in [3.8, 4) is 5.75 Å².